The van der Waals surface area contributed by atoms with E-state index in [-0.39, 0.29) is 22.9 Å². The van der Waals surface area contributed by atoms with Gasteiger partial charge in [0.1, 0.15) is 5.82 Å². The van der Waals surface area contributed by atoms with Gasteiger partial charge < -0.3 is 4.74 Å². The van der Waals surface area contributed by atoms with Crippen LogP contribution in [0, 0.1) is 11.6 Å². The molecular weight excluding hydrogens is 262 g/mol. The minimum Gasteiger partial charge on any atom is -0.494 e. The highest BCUT2D eigenvalue weighted by molar-refractivity contribution is 6.06. The maximum Gasteiger partial charge on any atom is 0.185 e. The van der Waals surface area contributed by atoms with Crippen molar-refractivity contribution in [2.45, 2.75) is 0 Å². The third kappa shape index (κ3) is 3.29. The van der Waals surface area contributed by atoms with Gasteiger partial charge in [0, 0.05) is 5.56 Å². The van der Waals surface area contributed by atoms with E-state index in [4.69, 9.17) is 4.74 Å². The summed E-state index contributed by atoms with van der Waals surface area (Å²) in [6, 6.07) is 9.71. The van der Waals surface area contributed by atoms with Gasteiger partial charge in [0.25, 0.3) is 0 Å². The summed E-state index contributed by atoms with van der Waals surface area (Å²) < 4.78 is 31.0. The van der Waals surface area contributed by atoms with Crippen LogP contribution < -0.4 is 4.74 Å². The van der Waals surface area contributed by atoms with Crippen molar-refractivity contribution in [3.63, 3.8) is 0 Å². The molecule has 0 saturated carbocycles. The molecule has 2 aromatic carbocycles. The number of methoxy groups -OCH3 is 1. The van der Waals surface area contributed by atoms with Crippen molar-refractivity contribution in [2.24, 2.45) is 0 Å². The number of ketones is 1. The van der Waals surface area contributed by atoms with Crippen LogP contribution in [0.25, 0.3) is 6.08 Å². The number of hydrogen-bond donors (Lipinski definition) is 0. The van der Waals surface area contributed by atoms with E-state index in [2.05, 4.69) is 0 Å². The minimum absolute atomic E-state index is 0.0871. The molecule has 2 aromatic rings. The lowest BCUT2D eigenvalue weighted by atomic mass is 10.1. The number of halogens is 2. The second-order valence-electron chi connectivity index (χ2n) is 4.10. The van der Waals surface area contributed by atoms with Gasteiger partial charge in [0.2, 0.25) is 0 Å². The molecule has 2 rings (SSSR count). The third-order valence-corrected chi connectivity index (χ3v) is 2.73. The topological polar surface area (TPSA) is 26.3 Å². The first-order chi connectivity index (χ1) is 9.60. The normalized spacial score (nSPS) is 10.8. The van der Waals surface area contributed by atoms with E-state index < -0.39 is 5.82 Å². The van der Waals surface area contributed by atoms with Gasteiger partial charge in [0.05, 0.1) is 7.11 Å². The molecule has 0 heterocycles. The lowest BCUT2D eigenvalue weighted by molar-refractivity contribution is 0.104. The Morgan fingerprint density at radius 2 is 1.80 bits per heavy atom. The first-order valence-corrected chi connectivity index (χ1v) is 5.91. The molecule has 0 radical (unpaired) electrons. The van der Waals surface area contributed by atoms with Crippen molar-refractivity contribution in [2.75, 3.05) is 7.11 Å². The molecule has 0 aliphatic rings. The Kier molecular flexibility index (Phi) is 4.25. The van der Waals surface area contributed by atoms with E-state index in [9.17, 15) is 13.6 Å². The van der Waals surface area contributed by atoms with Gasteiger partial charge in [0.15, 0.2) is 17.3 Å². The van der Waals surface area contributed by atoms with Crippen molar-refractivity contribution >= 4 is 11.9 Å². The Bertz CT molecular complexity index is 646. The minimum atomic E-state index is -0.589. The molecule has 4 heteroatoms. The fourth-order valence-electron chi connectivity index (χ4n) is 1.66. The Hall–Kier alpha value is -2.49. The Labute approximate surface area is 115 Å². The molecule has 20 heavy (non-hydrogen) atoms. The van der Waals surface area contributed by atoms with Crippen molar-refractivity contribution in [1.82, 2.24) is 0 Å². The molecule has 102 valence electrons. The zero-order chi connectivity index (χ0) is 14.5. The maximum atomic E-state index is 13.5. The second kappa shape index (κ2) is 6.10. The number of carbonyl (C=O) groups is 1. The Balaban J connectivity index is 2.15. The molecule has 0 spiro atoms. The number of benzene rings is 2. The molecule has 2 nitrogen and oxygen atoms in total. The SMILES string of the molecule is COc1ccc(C(=O)/C=C\c2ccc(F)cc2)cc1F. The lowest BCUT2D eigenvalue weighted by Crippen LogP contribution is -1.97. The molecule has 0 aliphatic heterocycles. The van der Waals surface area contributed by atoms with Gasteiger partial charge in [-0.05, 0) is 42.0 Å². The highest BCUT2D eigenvalue weighted by Gasteiger charge is 2.07. The van der Waals surface area contributed by atoms with E-state index in [1.54, 1.807) is 18.2 Å². The number of rotatable bonds is 4. The van der Waals surface area contributed by atoms with Gasteiger partial charge in [-0.3, -0.25) is 4.79 Å². The van der Waals surface area contributed by atoms with Crippen LogP contribution in [-0.2, 0) is 0 Å². The van der Waals surface area contributed by atoms with Crippen LogP contribution in [0.2, 0.25) is 0 Å². The summed E-state index contributed by atoms with van der Waals surface area (Å²) in [5.74, 6) is -1.18. The van der Waals surface area contributed by atoms with Gasteiger partial charge in [-0.25, -0.2) is 8.78 Å². The van der Waals surface area contributed by atoms with Crippen molar-refractivity contribution in [3.8, 4) is 5.75 Å². The first kappa shape index (κ1) is 13.9. The fourth-order valence-corrected chi connectivity index (χ4v) is 1.66. The van der Waals surface area contributed by atoms with Crippen molar-refractivity contribution < 1.29 is 18.3 Å². The quantitative estimate of drug-likeness (QED) is 0.625. The average molecular weight is 274 g/mol. The zero-order valence-corrected chi connectivity index (χ0v) is 10.8. The summed E-state index contributed by atoms with van der Waals surface area (Å²) in [4.78, 5) is 11.9. The van der Waals surface area contributed by atoms with Crippen molar-refractivity contribution in [3.05, 3.63) is 71.3 Å². The number of carbonyl (C=O) groups excluding carboxylic acids is 1. The number of ether oxygens (including phenoxy) is 1. The number of hydrogen-bond acceptors (Lipinski definition) is 2. The molecular formula is C16H12F2O2. The van der Waals surface area contributed by atoms with Gasteiger partial charge in [-0.1, -0.05) is 18.2 Å². The van der Waals surface area contributed by atoms with Crippen LogP contribution in [0.4, 0.5) is 8.78 Å². The van der Waals surface area contributed by atoms with Crippen LogP contribution in [0.3, 0.4) is 0 Å². The summed E-state index contributed by atoms with van der Waals surface area (Å²) in [6.45, 7) is 0. The highest BCUT2D eigenvalue weighted by Crippen LogP contribution is 2.18. The summed E-state index contributed by atoms with van der Waals surface area (Å²) in [5, 5.41) is 0. The molecule has 0 bridgehead atoms. The largest absolute Gasteiger partial charge is 0.494 e. The Morgan fingerprint density at radius 3 is 2.40 bits per heavy atom. The van der Waals surface area contributed by atoms with E-state index in [0.29, 0.717) is 5.56 Å². The van der Waals surface area contributed by atoms with E-state index in [1.165, 1.54) is 37.5 Å². The number of allylic oxidation sites excluding steroid dienone is 1. The van der Waals surface area contributed by atoms with E-state index in [0.717, 1.165) is 6.07 Å². The van der Waals surface area contributed by atoms with Crippen LogP contribution in [0.5, 0.6) is 5.75 Å². The maximum absolute atomic E-state index is 13.5. The summed E-state index contributed by atoms with van der Waals surface area (Å²) >= 11 is 0. The smallest absolute Gasteiger partial charge is 0.185 e. The van der Waals surface area contributed by atoms with Gasteiger partial charge in [-0.2, -0.15) is 0 Å². The van der Waals surface area contributed by atoms with Crippen molar-refractivity contribution in [1.29, 1.82) is 0 Å². The third-order valence-electron chi connectivity index (χ3n) is 2.73. The molecule has 0 aliphatic carbocycles. The summed E-state index contributed by atoms with van der Waals surface area (Å²) in [5.41, 5.74) is 0.912. The molecule has 0 saturated heterocycles. The van der Waals surface area contributed by atoms with Crippen LogP contribution >= 0.6 is 0 Å². The summed E-state index contributed by atoms with van der Waals surface area (Å²) in [7, 11) is 1.36. The predicted octanol–water partition coefficient (Wildman–Crippen LogP) is 3.87. The Morgan fingerprint density at radius 1 is 1.10 bits per heavy atom. The monoisotopic (exact) mass is 274 g/mol. The lowest BCUT2D eigenvalue weighted by Gasteiger charge is -2.02. The molecule has 0 fully saturated rings. The fraction of sp³-hybridized carbons (Fsp3) is 0.0625. The van der Waals surface area contributed by atoms with Crippen LogP contribution in [0.1, 0.15) is 15.9 Å². The molecule has 0 unspecified atom stereocenters. The van der Waals surface area contributed by atoms with Gasteiger partial charge in [-0.15, -0.1) is 0 Å². The van der Waals surface area contributed by atoms with E-state index >= 15 is 0 Å². The molecule has 0 aromatic heterocycles. The van der Waals surface area contributed by atoms with Gasteiger partial charge >= 0.3 is 0 Å². The predicted molar refractivity (Wildman–Crippen MR) is 72.7 cm³/mol. The molecule has 0 N–H and O–H groups in total. The molecule has 0 atom stereocenters. The van der Waals surface area contributed by atoms with Crippen LogP contribution in [0.15, 0.2) is 48.5 Å². The van der Waals surface area contributed by atoms with Crippen LogP contribution in [-0.4, -0.2) is 12.9 Å². The average Bonchev–Trinajstić information content (AvgIpc) is 2.46. The molecule has 0 amide bonds. The summed E-state index contributed by atoms with van der Waals surface area (Å²) in [6.07, 6.45) is 2.86. The second-order valence-corrected chi connectivity index (χ2v) is 4.10. The van der Waals surface area contributed by atoms with E-state index in [1.807, 2.05) is 0 Å². The highest BCUT2D eigenvalue weighted by atomic mass is 19.1. The first-order valence-electron chi connectivity index (χ1n) is 5.91. The zero-order valence-electron chi connectivity index (χ0n) is 10.8. The standard InChI is InChI=1S/C16H12F2O2/c1-20-16-9-5-12(10-14(16)18)15(19)8-4-11-2-6-13(17)7-3-11/h2-10H,1H3/b8-4-.